The molecule has 1 N–H and O–H groups in total. The van der Waals surface area contributed by atoms with E-state index < -0.39 is 0 Å². The number of nitrogens with zero attached hydrogens (tertiary/aromatic N) is 2. The fraction of sp³-hybridized carbons (Fsp3) is 0.375. The second-order valence-electron chi connectivity index (χ2n) is 5.25. The van der Waals surface area contributed by atoms with Gasteiger partial charge in [-0.15, -0.1) is 0 Å². The van der Waals surface area contributed by atoms with Crippen LogP contribution in [0.25, 0.3) is 0 Å². The van der Waals surface area contributed by atoms with Crippen LogP contribution < -0.4 is 5.32 Å². The molecule has 3 heteroatoms. The van der Waals surface area contributed by atoms with E-state index in [0.29, 0.717) is 0 Å². The summed E-state index contributed by atoms with van der Waals surface area (Å²) in [6, 6.07) is 10.8. The number of likely N-dealkylation sites (N-methyl/N-ethyl adjacent to an activating group) is 1. The molecule has 1 atom stereocenters. The number of hydrogen-bond donors (Lipinski definition) is 1. The predicted molar refractivity (Wildman–Crippen MR) is 77.9 cm³/mol. The first-order valence-electron chi connectivity index (χ1n) is 6.70. The molecule has 0 radical (unpaired) electrons. The third kappa shape index (κ3) is 2.99. The van der Waals surface area contributed by atoms with Gasteiger partial charge in [0.15, 0.2) is 0 Å². The number of benzene rings is 1. The summed E-state index contributed by atoms with van der Waals surface area (Å²) >= 11 is 0. The highest BCUT2D eigenvalue weighted by atomic mass is 14.9. The molecule has 0 saturated heterocycles. The maximum Gasteiger partial charge on any atom is 0.115 e. The van der Waals surface area contributed by atoms with Gasteiger partial charge in [-0.1, -0.05) is 51.1 Å². The molecule has 0 aliphatic carbocycles. The fourth-order valence-corrected chi connectivity index (χ4v) is 2.49. The summed E-state index contributed by atoms with van der Waals surface area (Å²) in [4.78, 5) is 8.29. The van der Waals surface area contributed by atoms with Crippen LogP contribution in [0.3, 0.4) is 0 Å². The molecule has 0 aliphatic rings. The summed E-state index contributed by atoms with van der Waals surface area (Å²) in [5.74, 6) is 0. The van der Waals surface area contributed by atoms with Gasteiger partial charge in [-0.25, -0.2) is 9.97 Å². The SMILES string of the molecule is CCNC(c1cncnc1)C(C)(C)c1ccccc1. The predicted octanol–water partition coefficient (Wildman–Crippen LogP) is 3.11. The number of hydrogen-bond acceptors (Lipinski definition) is 3. The minimum absolute atomic E-state index is 0.0258. The lowest BCUT2D eigenvalue weighted by molar-refractivity contribution is 0.352. The zero-order valence-corrected chi connectivity index (χ0v) is 11.8. The molecule has 0 amide bonds. The summed E-state index contributed by atoms with van der Waals surface area (Å²) in [5.41, 5.74) is 2.41. The molecule has 1 unspecified atom stereocenters. The van der Waals surface area contributed by atoms with Crippen LogP contribution in [0.5, 0.6) is 0 Å². The van der Waals surface area contributed by atoms with Gasteiger partial charge in [0, 0.05) is 29.4 Å². The first-order chi connectivity index (χ1) is 9.16. The van der Waals surface area contributed by atoms with Crippen molar-refractivity contribution in [2.75, 3.05) is 6.54 Å². The highest BCUT2D eigenvalue weighted by Crippen LogP contribution is 2.36. The summed E-state index contributed by atoms with van der Waals surface area (Å²) in [6.45, 7) is 7.54. The first-order valence-corrected chi connectivity index (χ1v) is 6.70. The maximum absolute atomic E-state index is 4.14. The number of aromatic nitrogens is 2. The van der Waals surface area contributed by atoms with Crippen LogP contribution in [0.1, 0.15) is 37.9 Å². The van der Waals surface area contributed by atoms with Gasteiger partial charge in [-0.2, -0.15) is 0 Å². The smallest absolute Gasteiger partial charge is 0.115 e. The summed E-state index contributed by atoms with van der Waals surface area (Å²) < 4.78 is 0. The average molecular weight is 255 g/mol. The van der Waals surface area contributed by atoms with Gasteiger partial charge in [0.25, 0.3) is 0 Å². The lowest BCUT2D eigenvalue weighted by Gasteiger charge is -2.35. The highest BCUT2D eigenvalue weighted by molar-refractivity contribution is 5.29. The Kier molecular flexibility index (Phi) is 4.27. The molecule has 1 heterocycles. The molecular formula is C16H21N3. The molecule has 1 aromatic carbocycles. The Hall–Kier alpha value is -1.74. The van der Waals surface area contributed by atoms with Crippen LogP contribution in [0, 0.1) is 0 Å². The highest BCUT2D eigenvalue weighted by Gasteiger charge is 2.32. The quantitative estimate of drug-likeness (QED) is 0.892. The van der Waals surface area contributed by atoms with E-state index in [-0.39, 0.29) is 11.5 Å². The Morgan fingerprint density at radius 2 is 1.74 bits per heavy atom. The standard InChI is InChI=1S/C16H21N3/c1-4-19-15(13-10-17-12-18-11-13)16(2,3)14-8-6-5-7-9-14/h5-12,15,19H,4H2,1-3H3. The van der Waals surface area contributed by atoms with E-state index in [0.717, 1.165) is 12.1 Å². The van der Waals surface area contributed by atoms with Crippen LogP contribution in [-0.4, -0.2) is 16.5 Å². The van der Waals surface area contributed by atoms with Gasteiger partial charge in [-0.3, -0.25) is 0 Å². The topological polar surface area (TPSA) is 37.8 Å². The van der Waals surface area contributed by atoms with Gasteiger partial charge in [0.2, 0.25) is 0 Å². The number of rotatable bonds is 5. The molecule has 2 aromatic rings. The third-order valence-corrected chi connectivity index (χ3v) is 3.56. The van der Waals surface area contributed by atoms with Gasteiger partial charge in [0.1, 0.15) is 6.33 Å². The normalized spacial score (nSPS) is 13.2. The first kappa shape index (κ1) is 13.7. The molecule has 100 valence electrons. The van der Waals surface area contributed by atoms with Crippen molar-refractivity contribution < 1.29 is 0 Å². The summed E-state index contributed by atoms with van der Waals surface area (Å²) in [5, 5.41) is 3.56. The van der Waals surface area contributed by atoms with E-state index in [1.54, 1.807) is 6.33 Å². The van der Waals surface area contributed by atoms with Crippen LogP contribution in [0.15, 0.2) is 49.1 Å². The minimum atomic E-state index is -0.0258. The summed E-state index contributed by atoms with van der Waals surface area (Å²) in [7, 11) is 0. The molecule has 19 heavy (non-hydrogen) atoms. The minimum Gasteiger partial charge on any atom is -0.309 e. The number of nitrogens with one attached hydrogen (secondary N) is 1. The largest absolute Gasteiger partial charge is 0.309 e. The molecule has 3 nitrogen and oxygen atoms in total. The Morgan fingerprint density at radius 3 is 2.32 bits per heavy atom. The van der Waals surface area contributed by atoms with E-state index >= 15 is 0 Å². The van der Waals surface area contributed by atoms with Gasteiger partial charge >= 0.3 is 0 Å². The van der Waals surface area contributed by atoms with Crippen molar-refractivity contribution in [3.05, 3.63) is 60.2 Å². The van der Waals surface area contributed by atoms with Gasteiger partial charge in [-0.05, 0) is 12.1 Å². The second kappa shape index (κ2) is 5.93. The Bertz CT molecular complexity index is 494. The van der Waals surface area contributed by atoms with E-state index in [1.807, 2.05) is 18.5 Å². The summed E-state index contributed by atoms with van der Waals surface area (Å²) in [6.07, 6.45) is 5.36. The Labute approximate surface area is 115 Å². The van der Waals surface area contributed by atoms with E-state index in [4.69, 9.17) is 0 Å². The van der Waals surface area contributed by atoms with E-state index in [2.05, 4.69) is 60.3 Å². The van der Waals surface area contributed by atoms with Crippen molar-refractivity contribution in [2.45, 2.75) is 32.2 Å². The Balaban J connectivity index is 2.39. The van der Waals surface area contributed by atoms with Crippen LogP contribution in [0.2, 0.25) is 0 Å². The molecule has 2 rings (SSSR count). The van der Waals surface area contributed by atoms with Crippen molar-refractivity contribution in [1.29, 1.82) is 0 Å². The van der Waals surface area contributed by atoms with Crippen molar-refractivity contribution in [2.24, 2.45) is 0 Å². The monoisotopic (exact) mass is 255 g/mol. The molecular weight excluding hydrogens is 234 g/mol. The second-order valence-corrected chi connectivity index (χ2v) is 5.25. The zero-order valence-electron chi connectivity index (χ0n) is 11.8. The molecule has 0 bridgehead atoms. The molecule has 0 fully saturated rings. The van der Waals surface area contributed by atoms with Crippen molar-refractivity contribution in [1.82, 2.24) is 15.3 Å². The molecule has 1 aromatic heterocycles. The molecule has 0 aliphatic heterocycles. The van der Waals surface area contributed by atoms with Crippen LogP contribution in [-0.2, 0) is 5.41 Å². The van der Waals surface area contributed by atoms with Crippen LogP contribution >= 0.6 is 0 Å². The van der Waals surface area contributed by atoms with E-state index in [9.17, 15) is 0 Å². The zero-order chi connectivity index (χ0) is 13.7. The lowest BCUT2D eigenvalue weighted by atomic mass is 9.75. The average Bonchev–Trinajstić information content (AvgIpc) is 2.46. The van der Waals surface area contributed by atoms with Crippen molar-refractivity contribution >= 4 is 0 Å². The Morgan fingerprint density at radius 1 is 1.11 bits per heavy atom. The van der Waals surface area contributed by atoms with E-state index in [1.165, 1.54) is 5.56 Å². The molecule has 0 spiro atoms. The lowest BCUT2D eigenvalue weighted by Crippen LogP contribution is -2.37. The maximum atomic E-state index is 4.14. The van der Waals surface area contributed by atoms with Crippen molar-refractivity contribution in [3.63, 3.8) is 0 Å². The van der Waals surface area contributed by atoms with Crippen LogP contribution in [0.4, 0.5) is 0 Å². The van der Waals surface area contributed by atoms with Gasteiger partial charge < -0.3 is 5.32 Å². The molecule has 0 saturated carbocycles. The third-order valence-electron chi connectivity index (χ3n) is 3.56. The fourth-order valence-electron chi connectivity index (χ4n) is 2.49. The van der Waals surface area contributed by atoms with Gasteiger partial charge in [0.05, 0.1) is 0 Å². The van der Waals surface area contributed by atoms with Crippen molar-refractivity contribution in [3.8, 4) is 0 Å².